The van der Waals surface area contributed by atoms with Gasteiger partial charge >= 0.3 is 0 Å². The highest BCUT2D eigenvalue weighted by Gasteiger charge is 2.45. The minimum Gasteiger partial charge on any atom is -0.393 e. The Balaban J connectivity index is 1.82. The molecule has 0 amide bonds. The van der Waals surface area contributed by atoms with Crippen molar-refractivity contribution in [2.24, 2.45) is 11.1 Å². The van der Waals surface area contributed by atoms with Crippen LogP contribution in [0, 0.1) is 5.41 Å². The van der Waals surface area contributed by atoms with Gasteiger partial charge in [0.1, 0.15) is 0 Å². The van der Waals surface area contributed by atoms with Gasteiger partial charge in [-0.25, -0.2) is 0 Å². The monoisotopic (exact) mass is 274 g/mol. The topological polar surface area (TPSA) is 29.3 Å². The lowest BCUT2D eigenvalue weighted by molar-refractivity contribution is 0.462. The van der Waals surface area contributed by atoms with Crippen LogP contribution in [0.2, 0.25) is 0 Å². The Morgan fingerprint density at radius 3 is 2.84 bits per heavy atom. The number of nitrogens with two attached hydrogens (primary N) is 1. The van der Waals surface area contributed by atoms with Gasteiger partial charge in [0.05, 0.1) is 4.99 Å². The van der Waals surface area contributed by atoms with Crippen molar-refractivity contribution in [3.63, 3.8) is 0 Å². The molecule has 1 atom stereocenters. The Morgan fingerprint density at radius 2 is 2.16 bits per heavy atom. The van der Waals surface area contributed by atoms with E-state index in [2.05, 4.69) is 36.1 Å². The predicted octanol–water partition coefficient (Wildman–Crippen LogP) is 3.28. The van der Waals surface area contributed by atoms with Crippen LogP contribution >= 0.6 is 12.2 Å². The molecule has 1 aromatic rings. The highest BCUT2D eigenvalue weighted by atomic mass is 32.1. The summed E-state index contributed by atoms with van der Waals surface area (Å²) in [6.07, 6.45) is 5.91. The molecule has 1 unspecified atom stereocenters. The number of anilines is 1. The van der Waals surface area contributed by atoms with Gasteiger partial charge < -0.3 is 10.6 Å². The van der Waals surface area contributed by atoms with Gasteiger partial charge in [0.25, 0.3) is 0 Å². The fourth-order valence-electron chi connectivity index (χ4n) is 3.30. The largest absolute Gasteiger partial charge is 0.393 e. The van der Waals surface area contributed by atoms with Gasteiger partial charge in [0, 0.05) is 24.7 Å². The minimum atomic E-state index is 0.366. The van der Waals surface area contributed by atoms with E-state index in [4.69, 9.17) is 18.0 Å². The van der Waals surface area contributed by atoms with Crippen molar-refractivity contribution in [3.05, 3.63) is 29.8 Å². The van der Waals surface area contributed by atoms with Crippen LogP contribution in [0.3, 0.4) is 0 Å². The number of hydrogen-bond donors (Lipinski definition) is 1. The number of nitrogens with zero attached hydrogens (tertiary/aromatic N) is 1. The molecule has 0 saturated heterocycles. The molecule has 1 fully saturated rings. The number of fused-ring (bicyclic) bond motifs is 1. The van der Waals surface area contributed by atoms with Crippen LogP contribution in [-0.4, -0.2) is 17.6 Å². The average molecular weight is 274 g/mol. The molecule has 0 aromatic heterocycles. The Morgan fingerprint density at radius 1 is 1.42 bits per heavy atom. The molecule has 1 aliphatic heterocycles. The molecule has 1 aliphatic carbocycles. The Hall–Kier alpha value is -1.09. The summed E-state index contributed by atoms with van der Waals surface area (Å²) in [7, 11) is 0. The summed E-state index contributed by atoms with van der Waals surface area (Å²) in [5, 5.41) is 0. The summed E-state index contributed by atoms with van der Waals surface area (Å²) in [6.45, 7) is 3.45. The maximum Gasteiger partial charge on any atom is 0.0733 e. The third kappa shape index (κ3) is 2.62. The van der Waals surface area contributed by atoms with Crippen LogP contribution in [0.15, 0.2) is 24.3 Å². The van der Waals surface area contributed by atoms with E-state index < -0.39 is 0 Å². The first-order valence-electron chi connectivity index (χ1n) is 7.23. The summed E-state index contributed by atoms with van der Waals surface area (Å²) < 4.78 is 0. The fourth-order valence-corrected chi connectivity index (χ4v) is 3.61. The van der Waals surface area contributed by atoms with Gasteiger partial charge in [-0.3, -0.25) is 0 Å². The first-order chi connectivity index (χ1) is 9.10. The van der Waals surface area contributed by atoms with Crippen molar-refractivity contribution < 1.29 is 0 Å². The van der Waals surface area contributed by atoms with Crippen molar-refractivity contribution >= 4 is 22.9 Å². The quantitative estimate of drug-likeness (QED) is 0.854. The third-order valence-electron chi connectivity index (χ3n) is 4.68. The number of hydrogen-bond acceptors (Lipinski definition) is 2. The van der Waals surface area contributed by atoms with Crippen molar-refractivity contribution in [2.45, 2.75) is 45.1 Å². The van der Waals surface area contributed by atoms with Crippen LogP contribution in [0.1, 0.15) is 38.2 Å². The second-order valence-electron chi connectivity index (χ2n) is 6.29. The maximum absolute atomic E-state index is 5.77. The van der Waals surface area contributed by atoms with Gasteiger partial charge in [-0.2, -0.15) is 0 Å². The van der Waals surface area contributed by atoms with Crippen LogP contribution < -0.4 is 10.6 Å². The Kier molecular flexibility index (Phi) is 3.25. The van der Waals surface area contributed by atoms with E-state index in [-0.39, 0.29) is 0 Å². The number of benzene rings is 1. The molecule has 3 heteroatoms. The molecule has 0 spiro atoms. The van der Waals surface area contributed by atoms with Crippen molar-refractivity contribution in [1.82, 2.24) is 0 Å². The molecule has 19 heavy (non-hydrogen) atoms. The van der Waals surface area contributed by atoms with Crippen LogP contribution in [0.4, 0.5) is 5.69 Å². The zero-order chi connectivity index (χ0) is 13.5. The summed E-state index contributed by atoms with van der Waals surface area (Å²) in [6, 6.07) is 9.45. The van der Waals surface area contributed by atoms with Gasteiger partial charge in [-0.05, 0) is 49.7 Å². The van der Waals surface area contributed by atoms with Gasteiger partial charge in [0.15, 0.2) is 0 Å². The molecule has 1 saturated carbocycles. The second-order valence-corrected chi connectivity index (χ2v) is 6.81. The summed E-state index contributed by atoms with van der Waals surface area (Å²) in [5.74, 6) is 0. The van der Waals surface area contributed by atoms with E-state index in [0.29, 0.717) is 16.4 Å². The second kappa shape index (κ2) is 4.78. The number of aryl methyl sites for hydroxylation is 1. The van der Waals surface area contributed by atoms with Crippen LogP contribution in [0.25, 0.3) is 0 Å². The highest BCUT2D eigenvalue weighted by molar-refractivity contribution is 7.80. The van der Waals surface area contributed by atoms with Gasteiger partial charge in [-0.15, -0.1) is 0 Å². The first kappa shape index (κ1) is 12.9. The standard InChI is InChI=1S/C16H22N2S/c1-12-6-7-13-4-2-3-5-14(13)18(12)11-16(8-9-16)10-15(17)19/h2-5,12H,6-11H2,1H3,(H2,17,19). The normalized spacial score (nSPS) is 23.8. The fraction of sp³-hybridized carbons (Fsp3) is 0.562. The molecule has 102 valence electrons. The van der Waals surface area contributed by atoms with Crippen LogP contribution in [-0.2, 0) is 6.42 Å². The average Bonchev–Trinajstić information content (AvgIpc) is 3.12. The van der Waals surface area contributed by atoms with Gasteiger partial charge in [-0.1, -0.05) is 30.4 Å². The molecule has 0 bridgehead atoms. The highest BCUT2D eigenvalue weighted by Crippen LogP contribution is 2.50. The molecular weight excluding hydrogens is 252 g/mol. The Bertz CT molecular complexity index is 493. The zero-order valence-corrected chi connectivity index (χ0v) is 12.4. The molecule has 2 aliphatic rings. The van der Waals surface area contributed by atoms with Gasteiger partial charge in [0.2, 0.25) is 0 Å². The van der Waals surface area contributed by atoms with Crippen molar-refractivity contribution in [3.8, 4) is 0 Å². The SMILES string of the molecule is CC1CCc2ccccc2N1CC1(CC(N)=S)CC1. The number of para-hydroxylation sites is 1. The summed E-state index contributed by atoms with van der Waals surface area (Å²) in [4.78, 5) is 3.26. The zero-order valence-electron chi connectivity index (χ0n) is 11.6. The smallest absolute Gasteiger partial charge is 0.0733 e. The molecule has 2 nitrogen and oxygen atoms in total. The lowest BCUT2D eigenvalue weighted by atomic mass is 9.93. The van der Waals surface area contributed by atoms with E-state index in [9.17, 15) is 0 Å². The maximum atomic E-state index is 5.77. The van der Waals surface area contributed by atoms with Crippen LogP contribution in [0.5, 0.6) is 0 Å². The molecule has 2 N–H and O–H groups in total. The lowest BCUT2D eigenvalue weighted by Crippen LogP contribution is -2.42. The Labute approximate surface area is 121 Å². The van der Waals surface area contributed by atoms with E-state index in [0.717, 1.165) is 13.0 Å². The lowest BCUT2D eigenvalue weighted by Gasteiger charge is -2.39. The summed E-state index contributed by atoms with van der Waals surface area (Å²) >= 11 is 5.12. The summed E-state index contributed by atoms with van der Waals surface area (Å²) in [5.41, 5.74) is 9.05. The predicted molar refractivity (Wildman–Crippen MR) is 84.6 cm³/mol. The third-order valence-corrected chi connectivity index (χ3v) is 4.82. The van der Waals surface area contributed by atoms with E-state index in [1.807, 2.05) is 0 Å². The number of rotatable bonds is 4. The van der Waals surface area contributed by atoms with Crippen molar-refractivity contribution in [1.29, 1.82) is 0 Å². The van der Waals surface area contributed by atoms with E-state index in [1.165, 1.54) is 36.9 Å². The van der Waals surface area contributed by atoms with E-state index >= 15 is 0 Å². The van der Waals surface area contributed by atoms with Crippen molar-refractivity contribution in [2.75, 3.05) is 11.4 Å². The molecule has 3 rings (SSSR count). The molecule has 1 heterocycles. The molecular formula is C16H22N2S. The minimum absolute atomic E-state index is 0.366. The molecule has 0 radical (unpaired) electrons. The first-order valence-corrected chi connectivity index (χ1v) is 7.63. The number of thiocarbonyl (C=S) groups is 1. The van der Waals surface area contributed by atoms with E-state index in [1.54, 1.807) is 0 Å². The molecule has 1 aromatic carbocycles.